The van der Waals surface area contributed by atoms with Gasteiger partial charge in [0.1, 0.15) is 6.04 Å². The fraction of sp³-hybridized carbons (Fsp3) is 0.250. The summed E-state index contributed by atoms with van der Waals surface area (Å²) in [6.07, 6.45) is 0.380. The number of halogens is 1. The van der Waals surface area contributed by atoms with E-state index in [1.807, 2.05) is 13.8 Å². The number of imide groups is 1. The molecule has 0 spiro atoms. The van der Waals surface area contributed by atoms with Crippen molar-refractivity contribution in [3.8, 4) is 0 Å². The van der Waals surface area contributed by atoms with Gasteiger partial charge in [0.25, 0.3) is 11.8 Å². The van der Waals surface area contributed by atoms with E-state index in [1.165, 1.54) is 0 Å². The van der Waals surface area contributed by atoms with Gasteiger partial charge in [-0.1, -0.05) is 37.6 Å². The van der Waals surface area contributed by atoms with Gasteiger partial charge >= 0.3 is 0 Å². The van der Waals surface area contributed by atoms with Crippen LogP contribution in [0.2, 0.25) is 5.02 Å². The zero-order valence-electron chi connectivity index (χ0n) is 14.5. The van der Waals surface area contributed by atoms with Gasteiger partial charge in [0.15, 0.2) is 0 Å². The van der Waals surface area contributed by atoms with Crippen LogP contribution >= 0.6 is 11.6 Å². The number of amides is 3. The molecular formula is C20H19ClN2O3. The Bertz CT molecular complexity index is 827. The molecule has 0 bridgehead atoms. The van der Waals surface area contributed by atoms with Gasteiger partial charge in [-0.2, -0.15) is 0 Å². The summed E-state index contributed by atoms with van der Waals surface area (Å²) in [5.74, 6) is -1.12. The number of nitrogens with zero attached hydrogens (tertiary/aromatic N) is 1. The molecule has 6 heteroatoms. The van der Waals surface area contributed by atoms with Crippen molar-refractivity contribution in [1.29, 1.82) is 0 Å². The maximum Gasteiger partial charge on any atom is 0.262 e. The van der Waals surface area contributed by atoms with Crippen LogP contribution in [0.1, 0.15) is 41.0 Å². The van der Waals surface area contributed by atoms with Gasteiger partial charge in [0.2, 0.25) is 5.91 Å². The van der Waals surface area contributed by atoms with Crippen molar-refractivity contribution in [2.75, 3.05) is 5.32 Å². The third-order valence-corrected chi connectivity index (χ3v) is 4.50. The predicted octanol–water partition coefficient (Wildman–Crippen LogP) is 3.99. The summed E-state index contributed by atoms with van der Waals surface area (Å²) in [4.78, 5) is 39.4. The number of rotatable bonds is 5. The first-order valence-corrected chi connectivity index (χ1v) is 8.79. The highest BCUT2D eigenvalue weighted by Crippen LogP contribution is 2.27. The molecule has 0 aliphatic carbocycles. The van der Waals surface area contributed by atoms with E-state index in [0.717, 1.165) is 4.90 Å². The first-order chi connectivity index (χ1) is 12.4. The van der Waals surface area contributed by atoms with Gasteiger partial charge in [-0.15, -0.1) is 0 Å². The molecule has 1 N–H and O–H groups in total. The average molecular weight is 371 g/mol. The maximum atomic E-state index is 12.9. The molecule has 26 heavy (non-hydrogen) atoms. The van der Waals surface area contributed by atoms with Crippen molar-refractivity contribution in [3.05, 3.63) is 64.7 Å². The average Bonchev–Trinajstić information content (AvgIpc) is 2.86. The number of fused-ring (bicyclic) bond motifs is 1. The van der Waals surface area contributed by atoms with Crippen molar-refractivity contribution in [2.45, 2.75) is 26.3 Å². The van der Waals surface area contributed by atoms with Crippen LogP contribution in [0.5, 0.6) is 0 Å². The van der Waals surface area contributed by atoms with Crippen LogP contribution in [0.25, 0.3) is 0 Å². The Labute approximate surface area is 156 Å². The van der Waals surface area contributed by atoms with Gasteiger partial charge in [-0.25, -0.2) is 0 Å². The van der Waals surface area contributed by atoms with E-state index in [9.17, 15) is 14.4 Å². The van der Waals surface area contributed by atoms with Crippen LogP contribution in [-0.2, 0) is 4.79 Å². The van der Waals surface area contributed by atoms with Crippen molar-refractivity contribution in [3.63, 3.8) is 0 Å². The quantitative estimate of drug-likeness (QED) is 0.809. The van der Waals surface area contributed by atoms with Gasteiger partial charge < -0.3 is 5.32 Å². The van der Waals surface area contributed by atoms with Gasteiger partial charge in [-0.3, -0.25) is 19.3 Å². The minimum Gasteiger partial charge on any atom is -0.324 e. The largest absolute Gasteiger partial charge is 0.324 e. The SMILES string of the molecule is CC(C)C[C@H](C(=O)Nc1ccc(Cl)cc1)N1C(=O)c2ccccc2C1=O. The number of benzene rings is 2. The molecule has 134 valence electrons. The third-order valence-electron chi connectivity index (χ3n) is 4.25. The molecule has 0 aromatic heterocycles. The molecule has 0 saturated heterocycles. The zero-order chi connectivity index (χ0) is 18.8. The molecule has 5 nitrogen and oxygen atoms in total. The van der Waals surface area contributed by atoms with E-state index in [2.05, 4.69) is 5.32 Å². The van der Waals surface area contributed by atoms with E-state index < -0.39 is 23.8 Å². The van der Waals surface area contributed by atoms with Crippen LogP contribution < -0.4 is 5.32 Å². The minimum absolute atomic E-state index is 0.125. The first-order valence-electron chi connectivity index (χ1n) is 8.42. The normalized spacial score (nSPS) is 14.5. The second kappa shape index (κ2) is 7.30. The molecule has 1 atom stereocenters. The molecule has 2 aromatic carbocycles. The molecule has 3 amide bonds. The van der Waals surface area contributed by atoms with Crippen LogP contribution in [0.15, 0.2) is 48.5 Å². The lowest BCUT2D eigenvalue weighted by Gasteiger charge is -2.26. The molecule has 3 rings (SSSR count). The Balaban J connectivity index is 1.89. The summed E-state index contributed by atoms with van der Waals surface area (Å²) in [5.41, 5.74) is 1.24. The number of carbonyl (C=O) groups excluding carboxylic acids is 3. The van der Waals surface area contributed by atoms with Crippen molar-refractivity contribution < 1.29 is 14.4 Å². The molecule has 1 aliphatic rings. The van der Waals surface area contributed by atoms with Gasteiger partial charge in [-0.05, 0) is 48.7 Å². The maximum absolute atomic E-state index is 12.9. The molecule has 2 aromatic rings. The number of carbonyl (C=O) groups is 3. The van der Waals surface area contributed by atoms with E-state index in [-0.39, 0.29) is 5.92 Å². The lowest BCUT2D eigenvalue weighted by Crippen LogP contribution is -2.47. The molecule has 1 aliphatic heterocycles. The minimum atomic E-state index is -0.877. The smallest absolute Gasteiger partial charge is 0.262 e. The fourth-order valence-electron chi connectivity index (χ4n) is 3.03. The van der Waals surface area contributed by atoms with Crippen molar-refractivity contribution >= 4 is 35.0 Å². The van der Waals surface area contributed by atoms with E-state index in [1.54, 1.807) is 48.5 Å². The monoisotopic (exact) mass is 370 g/mol. The van der Waals surface area contributed by atoms with Crippen molar-refractivity contribution in [2.24, 2.45) is 5.92 Å². The second-order valence-electron chi connectivity index (χ2n) is 6.67. The number of nitrogens with one attached hydrogen (secondary N) is 1. The Morgan fingerprint density at radius 3 is 2.04 bits per heavy atom. The van der Waals surface area contributed by atoms with Crippen LogP contribution in [0.4, 0.5) is 5.69 Å². The van der Waals surface area contributed by atoms with Gasteiger partial charge in [0.05, 0.1) is 11.1 Å². The van der Waals surface area contributed by atoms with E-state index in [4.69, 9.17) is 11.6 Å². The molecule has 0 saturated carbocycles. The summed E-state index contributed by atoms with van der Waals surface area (Å²) >= 11 is 5.86. The van der Waals surface area contributed by atoms with E-state index in [0.29, 0.717) is 28.3 Å². The zero-order valence-corrected chi connectivity index (χ0v) is 15.3. The highest BCUT2D eigenvalue weighted by Gasteiger charge is 2.42. The molecule has 0 radical (unpaired) electrons. The predicted molar refractivity (Wildman–Crippen MR) is 100 cm³/mol. The standard InChI is InChI=1S/C20H19ClN2O3/c1-12(2)11-17(18(24)22-14-9-7-13(21)8-10-14)23-19(25)15-5-3-4-6-16(15)20(23)26/h3-10,12,17H,11H2,1-2H3,(H,22,24)/t17-/m1/s1. The molecular weight excluding hydrogens is 352 g/mol. The summed E-state index contributed by atoms with van der Waals surface area (Å²) < 4.78 is 0. The van der Waals surface area contributed by atoms with E-state index >= 15 is 0 Å². The van der Waals surface area contributed by atoms with Crippen molar-refractivity contribution in [1.82, 2.24) is 4.90 Å². The Kier molecular flexibility index (Phi) is 5.09. The van der Waals surface area contributed by atoms with Crippen LogP contribution in [0.3, 0.4) is 0 Å². The number of hydrogen-bond acceptors (Lipinski definition) is 3. The van der Waals surface area contributed by atoms with Crippen LogP contribution in [0, 0.1) is 5.92 Å². The summed E-state index contributed by atoms with van der Waals surface area (Å²) in [5, 5.41) is 3.33. The lowest BCUT2D eigenvalue weighted by atomic mass is 10.0. The third kappa shape index (κ3) is 3.48. The van der Waals surface area contributed by atoms with Gasteiger partial charge in [0, 0.05) is 10.7 Å². The highest BCUT2D eigenvalue weighted by molar-refractivity contribution is 6.30. The Hall–Kier alpha value is -2.66. The Morgan fingerprint density at radius 1 is 1.00 bits per heavy atom. The summed E-state index contributed by atoms with van der Waals surface area (Å²) in [6, 6.07) is 12.4. The number of anilines is 1. The van der Waals surface area contributed by atoms with Crippen LogP contribution in [-0.4, -0.2) is 28.7 Å². The molecule has 1 heterocycles. The number of hydrogen-bond donors (Lipinski definition) is 1. The topological polar surface area (TPSA) is 66.5 Å². The fourth-order valence-corrected chi connectivity index (χ4v) is 3.15. The Morgan fingerprint density at radius 2 is 1.54 bits per heavy atom. The highest BCUT2D eigenvalue weighted by atomic mass is 35.5. The lowest BCUT2D eigenvalue weighted by molar-refractivity contribution is -0.120. The molecule has 0 fully saturated rings. The molecule has 0 unspecified atom stereocenters. The second-order valence-corrected chi connectivity index (χ2v) is 7.10. The summed E-state index contributed by atoms with van der Waals surface area (Å²) in [6.45, 7) is 3.89. The summed E-state index contributed by atoms with van der Waals surface area (Å²) in [7, 11) is 0. The first kappa shape index (κ1) is 18.1.